The largest absolute Gasteiger partial charge is 0.431 e. The van der Waals surface area contributed by atoms with Crippen molar-refractivity contribution >= 4 is 23.0 Å². The molecule has 1 fully saturated rings. The Kier molecular flexibility index (Phi) is 4.62. The van der Waals surface area contributed by atoms with E-state index in [-0.39, 0.29) is 12.2 Å². The molecule has 1 aliphatic rings. The van der Waals surface area contributed by atoms with Crippen molar-refractivity contribution < 1.29 is 13.5 Å². The summed E-state index contributed by atoms with van der Waals surface area (Å²) in [7, 11) is 1.82. The monoisotopic (exact) mass is 440 g/mol. The second-order valence-electron chi connectivity index (χ2n) is 7.54. The molecule has 1 aliphatic heterocycles. The molecule has 5 rings (SSSR count). The molecule has 13 heteroatoms. The maximum atomic E-state index is 12.5. The fourth-order valence-corrected chi connectivity index (χ4v) is 3.86. The summed E-state index contributed by atoms with van der Waals surface area (Å²) in [5, 5.41) is 25.2. The van der Waals surface area contributed by atoms with Crippen LogP contribution < -0.4 is 15.0 Å². The van der Waals surface area contributed by atoms with E-state index in [1.165, 1.54) is 17.1 Å². The summed E-state index contributed by atoms with van der Waals surface area (Å²) in [6.07, 6.45) is 8.08. The number of fused-ring (bicyclic) bond motifs is 1. The molecule has 0 atom stereocenters. The van der Waals surface area contributed by atoms with Crippen molar-refractivity contribution in [3.05, 3.63) is 43.1 Å². The van der Waals surface area contributed by atoms with E-state index < -0.39 is 12.2 Å². The molecule has 32 heavy (non-hydrogen) atoms. The molecule has 1 saturated heterocycles. The van der Waals surface area contributed by atoms with E-state index >= 15 is 0 Å². The predicted octanol–water partition coefficient (Wildman–Crippen LogP) is 2.13. The second-order valence-corrected chi connectivity index (χ2v) is 7.54. The third-order valence-electron chi connectivity index (χ3n) is 5.29. The number of aromatic nitrogens is 7. The zero-order valence-corrected chi connectivity index (χ0v) is 16.9. The number of anilines is 3. The third kappa shape index (κ3) is 3.45. The van der Waals surface area contributed by atoms with Crippen molar-refractivity contribution in [2.24, 2.45) is 7.05 Å². The van der Waals surface area contributed by atoms with Gasteiger partial charge in [0.25, 0.3) is 0 Å². The van der Waals surface area contributed by atoms with Gasteiger partial charge in [-0.3, -0.25) is 9.36 Å². The average molecular weight is 440 g/mol. The van der Waals surface area contributed by atoms with Crippen molar-refractivity contribution in [3.63, 3.8) is 0 Å². The molecule has 0 saturated carbocycles. The van der Waals surface area contributed by atoms with Crippen LogP contribution in [-0.4, -0.2) is 53.9 Å². The number of ether oxygens (including phenoxy) is 1. The number of rotatable bonds is 7. The summed E-state index contributed by atoms with van der Waals surface area (Å²) in [5.41, 5.74) is 1.60. The first-order valence-corrected chi connectivity index (χ1v) is 9.69. The molecule has 4 aromatic heterocycles. The van der Waals surface area contributed by atoms with Gasteiger partial charge < -0.3 is 15.0 Å². The lowest BCUT2D eigenvalue weighted by Crippen LogP contribution is -2.63. The highest BCUT2D eigenvalue weighted by Crippen LogP contribution is 2.38. The Labute approximate surface area is 180 Å². The van der Waals surface area contributed by atoms with Gasteiger partial charge in [-0.25, -0.2) is 4.52 Å². The van der Waals surface area contributed by atoms with Crippen molar-refractivity contribution in [1.82, 2.24) is 34.2 Å². The van der Waals surface area contributed by atoms with E-state index in [0.717, 1.165) is 11.4 Å². The Morgan fingerprint density at radius 1 is 1.28 bits per heavy atom. The van der Waals surface area contributed by atoms with Crippen molar-refractivity contribution in [1.29, 1.82) is 5.26 Å². The van der Waals surface area contributed by atoms with E-state index in [1.807, 2.05) is 30.3 Å². The molecule has 11 nitrogen and oxygen atoms in total. The van der Waals surface area contributed by atoms with Crippen LogP contribution in [0.15, 0.2) is 43.1 Å². The van der Waals surface area contributed by atoms with Crippen LogP contribution in [0.4, 0.5) is 26.1 Å². The number of nitrogens with zero attached hydrogens (tertiary/aromatic N) is 9. The lowest BCUT2D eigenvalue weighted by molar-refractivity contribution is -0.0500. The first-order chi connectivity index (χ1) is 15.5. The van der Waals surface area contributed by atoms with Crippen LogP contribution in [0.2, 0.25) is 0 Å². The summed E-state index contributed by atoms with van der Waals surface area (Å²) < 4.78 is 34.3. The first kappa shape index (κ1) is 19.7. The zero-order valence-electron chi connectivity index (χ0n) is 16.9. The molecule has 1 N–H and O–H groups in total. The number of halogens is 2. The smallest absolute Gasteiger partial charge is 0.387 e. The van der Waals surface area contributed by atoms with Gasteiger partial charge in [0.2, 0.25) is 5.95 Å². The third-order valence-corrected chi connectivity index (χ3v) is 5.29. The van der Waals surface area contributed by atoms with E-state index in [1.54, 1.807) is 21.6 Å². The Hall–Kier alpha value is -4.21. The lowest BCUT2D eigenvalue weighted by Gasteiger charge is -2.50. The summed E-state index contributed by atoms with van der Waals surface area (Å²) in [4.78, 5) is 6.64. The normalized spacial score (nSPS) is 15.0. The molecule has 4 aromatic rings. The van der Waals surface area contributed by atoms with E-state index in [4.69, 9.17) is 0 Å². The summed E-state index contributed by atoms with van der Waals surface area (Å²) in [6, 6.07) is 5.95. The minimum absolute atomic E-state index is 0.0403. The number of pyridine rings is 1. The van der Waals surface area contributed by atoms with Crippen LogP contribution in [0.5, 0.6) is 5.75 Å². The SMILES string of the molecule is Cn1cc(Nc2nc3c(N4CC(CC#N)(n5cc(OC(F)F)cn5)C4)cccn3n2)cn1. The van der Waals surface area contributed by atoms with Crippen LogP contribution in [0.25, 0.3) is 5.65 Å². The molecule has 5 heterocycles. The van der Waals surface area contributed by atoms with Gasteiger partial charge in [-0.1, -0.05) is 0 Å². The molecule has 164 valence electrons. The first-order valence-electron chi connectivity index (χ1n) is 9.69. The standard InChI is InChI=1S/C19H18F2N10O/c1-28-9-13(7-23-28)25-18-26-16-15(3-2-6-30(16)27-18)29-11-19(12-29,4-5-22)31-10-14(8-24-31)32-17(20)21/h2-3,6-10,17H,4,11-12H2,1H3,(H,25,27). The Morgan fingerprint density at radius 3 is 2.84 bits per heavy atom. The molecular weight excluding hydrogens is 422 g/mol. The van der Waals surface area contributed by atoms with Crippen LogP contribution in [0.1, 0.15) is 6.42 Å². The number of nitriles is 1. The maximum Gasteiger partial charge on any atom is 0.387 e. The van der Waals surface area contributed by atoms with E-state index in [2.05, 4.69) is 36.4 Å². The molecule has 0 aromatic carbocycles. The highest BCUT2D eigenvalue weighted by atomic mass is 19.3. The number of hydrogen-bond donors (Lipinski definition) is 1. The molecule has 0 aliphatic carbocycles. The molecule has 0 amide bonds. The number of aryl methyl sites for hydroxylation is 1. The van der Waals surface area contributed by atoms with Gasteiger partial charge in [0, 0.05) is 32.5 Å². The summed E-state index contributed by atoms with van der Waals surface area (Å²) >= 11 is 0. The van der Waals surface area contributed by atoms with Gasteiger partial charge in [0.05, 0.1) is 42.5 Å². The highest BCUT2D eigenvalue weighted by Gasteiger charge is 2.46. The lowest BCUT2D eigenvalue weighted by atomic mass is 9.86. The number of hydrogen-bond acceptors (Lipinski definition) is 8. The quantitative estimate of drug-likeness (QED) is 0.465. The fraction of sp³-hybridized carbons (Fsp3) is 0.316. The van der Waals surface area contributed by atoms with Gasteiger partial charge in [-0.2, -0.15) is 29.2 Å². The van der Waals surface area contributed by atoms with Gasteiger partial charge in [-0.05, 0) is 12.1 Å². The van der Waals surface area contributed by atoms with E-state index in [0.29, 0.717) is 24.7 Å². The van der Waals surface area contributed by atoms with Crippen molar-refractivity contribution in [2.45, 2.75) is 18.6 Å². The zero-order chi connectivity index (χ0) is 22.3. The van der Waals surface area contributed by atoms with Crippen molar-refractivity contribution in [2.75, 3.05) is 23.3 Å². The molecule has 0 bridgehead atoms. The second kappa shape index (κ2) is 7.49. The minimum atomic E-state index is -2.93. The van der Waals surface area contributed by atoms with Gasteiger partial charge >= 0.3 is 6.61 Å². The molecule has 0 unspecified atom stereocenters. The van der Waals surface area contributed by atoms with Gasteiger partial charge in [0.15, 0.2) is 11.4 Å². The summed E-state index contributed by atoms with van der Waals surface area (Å²) in [5.74, 6) is 0.386. The molecule has 0 spiro atoms. The molecule has 0 radical (unpaired) electrons. The highest BCUT2D eigenvalue weighted by molar-refractivity contribution is 5.72. The van der Waals surface area contributed by atoms with Crippen LogP contribution in [0, 0.1) is 11.3 Å². The maximum absolute atomic E-state index is 12.5. The minimum Gasteiger partial charge on any atom is -0.431 e. The van der Waals surface area contributed by atoms with Crippen LogP contribution in [0.3, 0.4) is 0 Å². The number of nitrogens with one attached hydrogen (secondary N) is 1. The Bertz CT molecular complexity index is 1300. The Balaban J connectivity index is 1.39. The van der Waals surface area contributed by atoms with E-state index in [9.17, 15) is 14.0 Å². The fourth-order valence-electron chi connectivity index (χ4n) is 3.86. The van der Waals surface area contributed by atoms with Crippen LogP contribution >= 0.6 is 0 Å². The summed E-state index contributed by atoms with van der Waals surface area (Å²) in [6.45, 7) is -2.03. The topological polar surface area (TPSA) is 114 Å². The van der Waals surface area contributed by atoms with Gasteiger partial charge in [0.1, 0.15) is 5.54 Å². The average Bonchev–Trinajstić information content (AvgIpc) is 3.44. The predicted molar refractivity (Wildman–Crippen MR) is 109 cm³/mol. The van der Waals surface area contributed by atoms with Crippen molar-refractivity contribution in [3.8, 4) is 11.8 Å². The van der Waals surface area contributed by atoms with Crippen LogP contribution in [-0.2, 0) is 12.6 Å². The molecular formula is C19H18F2N10O. The van der Waals surface area contributed by atoms with Gasteiger partial charge in [-0.15, -0.1) is 5.10 Å². The Morgan fingerprint density at radius 2 is 2.12 bits per heavy atom. The number of alkyl halides is 2.